The van der Waals surface area contributed by atoms with Crippen LogP contribution in [0.4, 0.5) is 0 Å². The van der Waals surface area contributed by atoms with Gasteiger partial charge >= 0.3 is 0 Å². The quantitative estimate of drug-likeness (QED) is 0.770. The first-order valence-electron chi connectivity index (χ1n) is 6.17. The highest BCUT2D eigenvalue weighted by Gasteiger charge is 2.12. The van der Waals surface area contributed by atoms with E-state index < -0.39 is 0 Å². The second-order valence-electron chi connectivity index (χ2n) is 4.49. The van der Waals surface area contributed by atoms with Crippen LogP contribution in [0.2, 0.25) is 0 Å². The van der Waals surface area contributed by atoms with Crippen molar-refractivity contribution in [2.45, 2.75) is 25.9 Å². The van der Waals surface area contributed by atoms with Crippen LogP contribution < -0.4 is 11.1 Å². The molecule has 0 bridgehead atoms. The van der Waals surface area contributed by atoms with Crippen LogP contribution in [-0.2, 0) is 16.0 Å². The zero-order chi connectivity index (χ0) is 13.4. The largest absolute Gasteiger partial charge is 0.380 e. The summed E-state index contributed by atoms with van der Waals surface area (Å²) in [7, 11) is 1.57. The van der Waals surface area contributed by atoms with Crippen molar-refractivity contribution in [1.29, 1.82) is 0 Å². The lowest BCUT2D eigenvalue weighted by Crippen LogP contribution is -2.34. The van der Waals surface area contributed by atoms with Crippen molar-refractivity contribution in [3.8, 4) is 0 Å². The third-order valence-corrected chi connectivity index (χ3v) is 3.69. The Morgan fingerprint density at radius 2 is 2.32 bits per heavy atom. The second kappa shape index (κ2) is 10.2. The van der Waals surface area contributed by atoms with Gasteiger partial charge in [0.1, 0.15) is 0 Å². The molecule has 110 valence electrons. The van der Waals surface area contributed by atoms with Crippen LogP contribution in [0.5, 0.6) is 0 Å². The summed E-state index contributed by atoms with van der Waals surface area (Å²) in [4.78, 5) is 13.0. The van der Waals surface area contributed by atoms with Gasteiger partial charge in [-0.3, -0.25) is 4.79 Å². The number of carbonyl (C=O) groups excluding carboxylic acids is 1. The van der Waals surface area contributed by atoms with Gasteiger partial charge in [0.2, 0.25) is 5.91 Å². The number of thiophene rings is 1. The van der Waals surface area contributed by atoms with Gasteiger partial charge in [0.05, 0.1) is 12.5 Å². The SMILES string of the molecule is COC(CN)CC(=O)NCC(C)Cc1cccs1.Cl. The predicted molar refractivity (Wildman–Crippen MR) is 81.9 cm³/mol. The van der Waals surface area contributed by atoms with Gasteiger partial charge in [0.15, 0.2) is 0 Å². The number of nitrogens with two attached hydrogens (primary N) is 1. The molecule has 0 saturated heterocycles. The Hall–Kier alpha value is -0.620. The summed E-state index contributed by atoms with van der Waals surface area (Å²) < 4.78 is 5.08. The van der Waals surface area contributed by atoms with E-state index >= 15 is 0 Å². The molecule has 2 atom stereocenters. The van der Waals surface area contributed by atoms with E-state index in [0.29, 0.717) is 25.4 Å². The number of halogens is 1. The number of hydrogen-bond donors (Lipinski definition) is 2. The molecule has 4 nitrogen and oxygen atoms in total. The minimum atomic E-state index is -0.183. The van der Waals surface area contributed by atoms with E-state index in [0.717, 1.165) is 6.42 Å². The van der Waals surface area contributed by atoms with Crippen molar-refractivity contribution in [3.05, 3.63) is 22.4 Å². The number of nitrogens with one attached hydrogen (secondary N) is 1. The van der Waals surface area contributed by atoms with Crippen LogP contribution in [-0.4, -0.2) is 32.2 Å². The fourth-order valence-corrected chi connectivity index (χ4v) is 2.54. The first-order chi connectivity index (χ1) is 8.65. The third-order valence-electron chi connectivity index (χ3n) is 2.79. The molecule has 0 saturated carbocycles. The molecule has 2 unspecified atom stereocenters. The lowest BCUT2D eigenvalue weighted by Gasteiger charge is -2.15. The Morgan fingerprint density at radius 3 is 2.84 bits per heavy atom. The van der Waals surface area contributed by atoms with Crippen LogP contribution >= 0.6 is 23.7 Å². The van der Waals surface area contributed by atoms with E-state index in [1.165, 1.54) is 4.88 Å². The van der Waals surface area contributed by atoms with Gasteiger partial charge in [0, 0.05) is 25.1 Å². The highest BCUT2D eigenvalue weighted by Crippen LogP contribution is 2.13. The fourth-order valence-electron chi connectivity index (χ4n) is 1.67. The lowest BCUT2D eigenvalue weighted by atomic mass is 10.1. The lowest BCUT2D eigenvalue weighted by molar-refractivity contribution is -0.123. The van der Waals surface area contributed by atoms with E-state index in [1.807, 2.05) is 0 Å². The number of hydrogen-bond acceptors (Lipinski definition) is 4. The highest BCUT2D eigenvalue weighted by molar-refractivity contribution is 7.09. The van der Waals surface area contributed by atoms with Crippen LogP contribution in [0.1, 0.15) is 18.2 Å². The van der Waals surface area contributed by atoms with E-state index in [4.69, 9.17) is 10.5 Å². The molecule has 1 aromatic rings. The summed E-state index contributed by atoms with van der Waals surface area (Å²) in [5.74, 6) is 0.441. The smallest absolute Gasteiger partial charge is 0.222 e. The molecule has 0 aromatic carbocycles. The summed E-state index contributed by atoms with van der Waals surface area (Å²) in [6.07, 6.45) is 1.15. The number of methoxy groups -OCH3 is 1. The van der Waals surface area contributed by atoms with Crippen LogP contribution in [0.25, 0.3) is 0 Å². The average molecular weight is 307 g/mol. The highest BCUT2D eigenvalue weighted by atomic mass is 35.5. The molecule has 0 aliphatic heterocycles. The van der Waals surface area contributed by atoms with E-state index in [-0.39, 0.29) is 24.4 Å². The Labute approximate surface area is 125 Å². The number of amides is 1. The maximum Gasteiger partial charge on any atom is 0.222 e. The minimum Gasteiger partial charge on any atom is -0.380 e. The Kier molecular flexibility index (Phi) is 9.87. The molecule has 1 aromatic heterocycles. The zero-order valence-electron chi connectivity index (χ0n) is 11.4. The standard InChI is InChI=1S/C13H22N2O2S.ClH/c1-10(6-12-4-3-5-18-12)9-15-13(16)7-11(8-14)17-2;/h3-5,10-11H,6-9,14H2,1-2H3,(H,15,16);1H. The third kappa shape index (κ3) is 7.52. The van der Waals surface area contributed by atoms with Crippen molar-refractivity contribution >= 4 is 29.7 Å². The maximum absolute atomic E-state index is 11.6. The molecule has 0 aliphatic rings. The van der Waals surface area contributed by atoms with Crippen molar-refractivity contribution < 1.29 is 9.53 Å². The van der Waals surface area contributed by atoms with Crippen molar-refractivity contribution in [3.63, 3.8) is 0 Å². The molecule has 1 heterocycles. The molecule has 1 amide bonds. The van der Waals surface area contributed by atoms with Gasteiger partial charge in [-0.15, -0.1) is 23.7 Å². The number of ether oxygens (including phenoxy) is 1. The van der Waals surface area contributed by atoms with Crippen LogP contribution in [0, 0.1) is 5.92 Å². The molecular formula is C13H23ClN2O2S. The predicted octanol–water partition coefficient (Wildman–Crippen LogP) is 1.83. The van der Waals surface area contributed by atoms with Gasteiger partial charge in [0.25, 0.3) is 0 Å². The minimum absolute atomic E-state index is 0. The first kappa shape index (κ1) is 18.4. The molecule has 0 spiro atoms. The summed E-state index contributed by atoms with van der Waals surface area (Å²) >= 11 is 1.75. The number of carbonyl (C=O) groups is 1. The topological polar surface area (TPSA) is 64.3 Å². The molecule has 0 fully saturated rings. The van der Waals surface area contributed by atoms with Crippen molar-refractivity contribution in [2.24, 2.45) is 11.7 Å². The monoisotopic (exact) mass is 306 g/mol. The number of rotatable bonds is 8. The van der Waals surface area contributed by atoms with Crippen molar-refractivity contribution in [1.82, 2.24) is 5.32 Å². The van der Waals surface area contributed by atoms with E-state index in [2.05, 4.69) is 29.8 Å². The average Bonchev–Trinajstić information content (AvgIpc) is 2.86. The molecule has 1 rings (SSSR count). The fraction of sp³-hybridized carbons (Fsp3) is 0.615. The van der Waals surface area contributed by atoms with Crippen LogP contribution in [0.15, 0.2) is 17.5 Å². The molecular weight excluding hydrogens is 284 g/mol. The van der Waals surface area contributed by atoms with Gasteiger partial charge in [-0.1, -0.05) is 13.0 Å². The van der Waals surface area contributed by atoms with Crippen LogP contribution in [0.3, 0.4) is 0 Å². The molecule has 19 heavy (non-hydrogen) atoms. The van der Waals surface area contributed by atoms with Gasteiger partial charge in [-0.05, 0) is 23.8 Å². The first-order valence-corrected chi connectivity index (χ1v) is 7.05. The summed E-state index contributed by atoms with van der Waals surface area (Å²) in [5, 5.41) is 5.00. The molecule has 0 radical (unpaired) electrons. The second-order valence-corrected chi connectivity index (χ2v) is 5.52. The van der Waals surface area contributed by atoms with E-state index in [1.54, 1.807) is 18.4 Å². The molecule has 0 aliphatic carbocycles. The van der Waals surface area contributed by atoms with Gasteiger partial charge in [-0.25, -0.2) is 0 Å². The zero-order valence-corrected chi connectivity index (χ0v) is 13.1. The van der Waals surface area contributed by atoms with Gasteiger partial charge < -0.3 is 15.8 Å². The van der Waals surface area contributed by atoms with E-state index in [9.17, 15) is 4.79 Å². The summed E-state index contributed by atoms with van der Waals surface area (Å²) in [6, 6.07) is 4.17. The summed E-state index contributed by atoms with van der Waals surface area (Å²) in [6.45, 7) is 3.20. The normalized spacial score (nSPS) is 13.4. The Balaban J connectivity index is 0.00000324. The summed E-state index contributed by atoms with van der Waals surface area (Å²) in [5.41, 5.74) is 5.47. The maximum atomic E-state index is 11.6. The Bertz CT molecular complexity index is 342. The van der Waals surface area contributed by atoms with Crippen molar-refractivity contribution in [2.75, 3.05) is 20.2 Å². The molecule has 6 heteroatoms. The molecule has 3 N–H and O–H groups in total. The Morgan fingerprint density at radius 1 is 1.58 bits per heavy atom. The van der Waals surface area contributed by atoms with Gasteiger partial charge in [-0.2, -0.15) is 0 Å².